The predicted octanol–water partition coefficient (Wildman–Crippen LogP) is 2.15. The zero-order valence-corrected chi connectivity index (χ0v) is 10.9. The Bertz CT molecular complexity index is 703. The first-order chi connectivity index (χ1) is 9.78. The van der Waals surface area contributed by atoms with Crippen LogP contribution in [0.25, 0.3) is 0 Å². The van der Waals surface area contributed by atoms with Gasteiger partial charge in [0.05, 0.1) is 0 Å². The van der Waals surface area contributed by atoms with Crippen LogP contribution in [0.2, 0.25) is 0 Å². The molecule has 0 saturated heterocycles. The van der Waals surface area contributed by atoms with E-state index in [4.69, 9.17) is 5.26 Å². The monoisotopic (exact) mass is 263 g/mol. The molecule has 0 aliphatic carbocycles. The Morgan fingerprint density at radius 3 is 3.00 bits per heavy atom. The predicted molar refractivity (Wildman–Crippen MR) is 73.8 cm³/mol. The van der Waals surface area contributed by atoms with Gasteiger partial charge < -0.3 is 4.90 Å². The highest BCUT2D eigenvalue weighted by Crippen LogP contribution is 2.20. The standard InChI is InChI=1S/C16H13N3O/c17-10-14-9-12(5-7-18-14)11-19-8-6-13-3-1-2-4-15(13)16(19)20/h1-5,7,9H,6,8,11H2. The summed E-state index contributed by atoms with van der Waals surface area (Å²) in [6, 6.07) is 13.3. The SMILES string of the molecule is N#Cc1cc(CN2CCc3ccccc3C2=O)ccn1. The third kappa shape index (κ3) is 2.26. The first-order valence-electron chi connectivity index (χ1n) is 6.50. The number of amides is 1. The average Bonchev–Trinajstić information content (AvgIpc) is 2.50. The Kier molecular flexibility index (Phi) is 3.18. The number of aromatic nitrogens is 1. The van der Waals surface area contributed by atoms with Gasteiger partial charge in [0.2, 0.25) is 0 Å². The van der Waals surface area contributed by atoms with Gasteiger partial charge in [-0.05, 0) is 35.7 Å². The van der Waals surface area contributed by atoms with E-state index in [2.05, 4.69) is 4.98 Å². The molecule has 0 spiro atoms. The molecule has 0 radical (unpaired) electrons. The molecular formula is C16H13N3O. The summed E-state index contributed by atoms with van der Waals surface area (Å²) in [5.41, 5.74) is 3.21. The number of pyridine rings is 1. The van der Waals surface area contributed by atoms with Crippen LogP contribution in [0.1, 0.15) is 27.2 Å². The summed E-state index contributed by atoms with van der Waals surface area (Å²) in [5, 5.41) is 8.86. The lowest BCUT2D eigenvalue weighted by atomic mass is 9.99. The number of rotatable bonds is 2. The largest absolute Gasteiger partial charge is 0.334 e. The second kappa shape index (κ2) is 5.14. The van der Waals surface area contributed by atoms with Gasteiger partial charge in [0.1, 0.15) is 11.8 Å². The zero-order valence-electron chi connectivity index (χ0n) is 10.9. The van der Waals surface area contributed by atoms with Crippen molar-refractivity contribution in [2.75, 3.05) is 6.54 Å². The second-order valence-electron chi connectivity index (χ2n) is 4.79. The lowest BCUT2D eigenvalue weighted by Gasteiger charge is -2.28. The summed E-state index contributed by atoms with van der Waals surface area (Å²) in [4.78, 5) is 18.2. The summed E-state index contributed by atoms with van der Waals surface area (Å²) < 4.78 is 0. The van der Waals surface area contributed by atoms with Crippen molar-refractivity contribution < 1.29 is 4.79 Å². The van der Waals surface area contributed by atoms with Crippen molar-refractivity contribution in [3.8, 4) is 6.07 Å². The van der Waals surface area contributed by atoms with Gasteiger partial charge >= 0.3 is 0 Å². The van der Waals surface area contributed by atoms with Gasteiger partial charge in [-0.1, -0.05) is 18.2 Å². The van der Waals surface area contributed by atoms with Crippen LogP contribution in [0.4, 0.5) is 0 Å². The van der Waals surface area contributed by atoms with E-state index in [1.165, 1.54) is 0 Å². The van der Waals surface area contributed by atoms with Crippen LogP contribution in [-0.4, -0.2) is 22.3 Å². The highest BCUT2D eigenvalue weighted by atomic mass is 16.2. The number of hydrogen-bond acceptors (Lipinski definition) is 3. The van der Waals surface area contributed by atoms with Gasteiger partial charge in [-0.3, -0.25) is 4.79 Å². The number of carbonyl (C=O) groups is 1. The van der Waals surface area contributed by atoms with Crippen molar-refractivity contribution in [2.24, 2.45) is 0 Å². The third-order valence-corrected chi connectivity index (χ3v) is 3.50. The Morgan fingerprint density at radius 1 is 1.30 bits per heavy atom. The third-order valence-electron chi connectivity index (χ3n) is 3.50. The minimum Gasteiger partial charge on any atom is -0.334 e. The molecule has 20 heavy (non-hydrogen) atoms. The molecule has 0 bridgehead atoms. The van der Waals surface area contributed by atoms with E-state index in [0.29, 0.717) is 18.8 Å². The van der Waals surface area contributed by atoms with E-state index in [1.54, 1.807) is 12.3 Å². The molecule has 1 aliphatic heterocycles. The molecule has 0 saturated carbocycles. The normalized spacial score (nSPS) is 13.8. The van der Waals surface area contributed by atoms with Gasteiger partial charge in [0.15, 0.2) is 0 Å². The smallest absolute Gasteiger partial charge is 0.254 e. The molecule has 1 aromatic heterocycles. The van der Waals surface area contributed by atoms with Crippen molar-refractivity contribution in [3.63, 3.8) is 0 Å². The summed E-state index contributed by atoms with van der Waals surface area (Å²) in [7, 11) is 0. The highest BCUT2D eigenvalue weighted by Gasteiger charge is 2.23. The molecule has 4 heteroatoms. The number of fused-ring (bicyclic) bond motifs is 1. The molecule has 3 rings (SSSR count). The van der Waals surface area contributed by atoms with Crippen LogP contribution in [0.3, 0.4) is 0 Å². The minimum atomic E-state index is 0.0576. The van der Waals surface area contributed by atoms with Crippen LogP contribution in [-0.2, 0) is 13.0 Å². The van der Waals surface area contributed by atoms with Crippen molar-refractivity contribution in [3.05, 3.63) is 65.0 Å². The Balaban J connectivity index is 1.83. The maximum Gasteiger partial charge on any atom is 0.254 e. The highest BCUT2D eigenvalue weighted by molar-refractivity contribution is 5.96. The molecule has 1 aliphatic rings. The Labute approximate surface area is 117 Å². The fourth-order valence-corrected chi connectivity index (χ4v) is 2.48. The topological polar surface area (TPSA) is 57.0 Å². The van der Waals surface area contributed by atoms with E-state index in [-0.39, 0.29) is 5.91 Å². The van der Waals surface area contributed by atoms with Gasteiger partial charge in [0, 0.05) is 24.8 Å². The Morgan fingerprint density at radius 2 is 2.15 bits per heavy atom. The molecule has 4 nitrogen and oxygen atoms in total. The molecule has 0 unspecified atom stereocenters. The average molecular weight is 263 g/mol. The summed E-state index contributed by atoms with van der Waals surface area (Å²) in [5.74, 6) is 0.0576. The molecule has 2 heterocycles. The van der Waals surface area contributed by atoms with E-state index >= 15 is 0 Å². The van der Waals surface area contributed by atoms with E-state index in [1.807, 2.05) is 41.3 Å². The maximum absolute atomic E-state index is 12.4. The van der Waals surface area contributed by atoms with Crippen LogP contribution in [0.15, 0.2) is 42.6 Å². The van der Waals surface area contributed by atoms with Crippen LogP contribution < -0.4 is 0 Å². The second-order valence-corrected chi connectivity index (χ2v) is 4.79. The van der Waals surface area contributed by atoms with Crippen molar-refractivity contribution in [2.45, 2.75) is 13.0 Å². The molecule has 0 atom stereocenters. The van der Waals surface area contributed by atoms with Crippen LogP contribution in [0, 0.1) is 11.3 Å². The summed E-state index contributed by atoms with van der Waals surface area (Å²) in [6.07, 6.45) is 2.48. The summed E-state index contributed by atoms with van der Waals surface area (Å²) in [6.45, 7) is 1.23. The van der Waals surface area contributed by atoms with Gasteiger partial charge in [0.25, 0.3) is 5.91 Å². The van der Waals surface area contributed by atoms with E-state index < -0.39 is 0 Å². The lowest BCUT2D eigenvalue weighted by Crippen LogP contribution is -2.36. The number of nitrogens with zero attached hydrogens (tertiary/aromatic N) is 3. The molecule has 0 N–H and O–H groups in total. The van der Waals surface area contributed by atoms with Crippen molar-refractivity contribution >= 4 is 5.91 Å². The van der Waals surface area contributed by atoms with Gasteiger partial charge in [-0.15, -0.1) is 0 Å². The molecular weight excluding hydrogens is 250 g/mol. The Hall–Kier alpha value is -2.67. The number of hydrogen-bond donors (Lipinski definition) is 0. The van der Waals surface area contributed by atoms with Crippen molar-refractivity contribution in [1.29, 1.82) is 5.26 Å². The van der Waals surface area contributed by atoms with Crippen LogP contribution >= 0.6 is 0 Å². The lowest BCUT2D eigenvalue weighted by molar-refractivity contribution is 0.0727. The van der Waals surface area contributed by atoms with Crippen molar-refractivity contribution in [1.82, 2.24) is 9.88 Å². The fourth-order valence-electron chi connectivity index (χ4n) is 2.48. The fraction of sp³-hybridized carbons (Fsp3) is 0.188. The maximum atomic E-state index is 12.4. The summed E-state index contributed by atoms with van der Waals surface area (Å²) >= 11 is 0. The first-order valence-corrected chi connectivity index (χ1v) is 6.50. The van der Waals surface area contributed by atoms with Gasteiger partial charge in [-0.2, -0.15) is 5.26 Å². The quantitative estimate of drug-likeness (QED) is 0.834. The first kappa shape index (κ1) is 12.4. The number of carbonyl (C=O) groups excluding carboxylic acids is 1. The molecule has 1 amide bonds. The number of benzene rings is 1. The van der Waals surface area contributed by atoms with E-state index in [0.717, 1.165) is 23.1 Å². The van der Waals surface area contributed by atoms with E-state index in [9.17, 15) is 4.79 Å². The molecule has 0 fully saturated rings. The zero-order chi connectivity index (χ0) is 13.9. The van der Waals surface area contributed by atoms with Gasteiger partial charge in [-0.25, -0.2) is 4.98 Å². The van der Waals surface area contributed by atoms with Crippen LogP contribution in [0.5, 0.6) is 0 Å². The molecule has 2 aromatic rings. The minimum absolute atomic E-state index is 0.0576. The number of nitriles is 1. The molecule has 98 valence electrons. The molecule has 1 aromatic carbocycles.